The fourth-order valence-electron chi connectivity index (χ4n) is 3.38. The van der Waals surface area contributed by atoms with E-state index in [1.165, 1.54) is 0 Å². The van der Waals surface area contributed by atoms with Gasteiger partial charge in [0.2, 0.25) is 0 Å². The Morgan fingerprint density at radius 1 is 0.857 bits per heavy atom. The molecule has 4 aromatic rings. The lowest BCUT2D eigenvalue weighted by Gasteiger charge is -2.12. The Kier molecular flexibility index (Phi) is 4.72. The third-order valence-electron chi connectivity index (χ3n) is 4.75. The molecule has 1 heterocycles. The quantitative estimate of drug-likeness (QED) is 0.498. The summed E-state index contributed by atoms with van der Waals surface area (Å²) in [5.41, 5.74) is 3.77. The maximum Gasteiger partial charge on any atom is 0.324 e. The summed E-state index contributed by atoms with van der Waals surface area (Å²) in [5.74, 6) is 1.53. The molecule has 0 aliphatic carbocycles. The normalized spacial score (nSPS) is 10.6. The summed E-state index contributed by atoms with van der Waals surface area (Å²) in [7, 11) is 3.60. The first kappa shape index (κ1) is 17.7. The fourth-order valence-corrected chi connectivity index (χ4v) is 3.38. The molecule has 0 bridgehead atoms. The third-order valence-corrected chi connectivity index (χ3v) is 4.75. The zero-order valence-corrected chi connectivity index (χ0v) is 15.8. The minimum Gasteiger partial charge on any atom is -0.497 e. The highest BCUT2D eigenvalue weighted by Crippen LogP contribution is 2.38. The highest BCUT2D eigenvalue weighted by Gasteiger charge is 2.18. The Bertz CT molecular complexity index is 1120. The van der Waals surface area contributed by atoms with Crippen molar-refractivity contribution >= 4 is 28.4 Å². The van der Waals surface area contributed by atoms with Crippen molar-refractivity contribution in [2.24, 2.45) is 7.05 Å². The minimum absolute atomic E-state index is 0.285. The van der Waals surface area contributed by atoms with Crippen molar-refractivity contribution in [1.82, 2.24) is 4.57 Å². The highest BCUT2D eigenvalue weighted by molar-refractivity contribution is 6.09. The Balaban J connectivity index is 1.76. The van der Waals surface area contributed by atoms with E-state index in [2.05, 4.69) is 16.7 Å². The van der Waals surface area contributed by atoms with Crippen LogP contribution in [0.2, 0.25) is 0 Å². The molecule has 0 spiro atoms. The van der Waals surface area contributed by atoms with Gasteiger partial charge in [-0.3, -0.25) is 5.32 Å². The van der Waals surface area contributed by atoms with Crippen LogP contribution < -0.4 is 15.4 Å². The number of rotatable bonds is 4. The van der Waals surface area contributed by atoms with E-state index in [1.54, 1.807) is 7.11 Å². The minimum atomic E-state index is -0.285. The lowest BCUT2D eigenvalue weighted by Crippen LogP contribution is -2.21. The molecule has 2 amide bonds. The van der Waals surface area contributed by atoms with E-state index in [-0.39, 0.29) is 6.03 Å². The molecule has 4 rings (SSSR count). The molecule has 0 atom stereocenters. The summed E-state index contributed by atoms with van der Waals surface area (Å²) in [5, 5.41) is 6.98. The van der Waals surface area contributed by atoms with E-state index >= 15 is 0 Å². The lowest BCUT2D eigenvalue weighted by molar-refractivity contribution is 0.262. The Morgan fingerprint density at radius 3 is 2.25 bits per heavy atom. The zero-order chi connectivity index (χ0) is 19.5. The van der Waals surface area contributed by atoms with Gasteiger partial charge in [-0.05, 0) is 35.9 Å². The van der Waals surface area contributed by atoms with Crippen LogP contribution in [0.15, 0.2) is 78.9 Å². The molecular formula is C23H21N3O2. The fraction of sp³-hybridized carbons (Fsp3) is 0.0870. The molecule has 2 N–H and O–H groups in total. The van der Waals surface area contributed by atoms with Crippen molar-refractivity contribution in [3.8, 4) is 16.9 Å². The van der Waals surface area contributed by atoms with E-state index in [0.717, 1.165) is 39.3 Å². The van der Waals surface area contributed by atoms with Crippen molar-refractivity contribution in [2.45, 2.75) is 0 Å². The maximum atomic E-state index is 12.6. The first-order valence-electron chi connectivity index (χ1n) is 9.02. The van der Waals surface area contributed by atoms with Gasteiger partial charge < -0.3 is 14.6 Å². The van der Waals surface area contributed by atoms with Gasteiger partial charge in [0.15, 0.2) is 0 Å². The molecule has 140 valence electrons. The van der Waals surface area contributed by atoms with Gasteiger partial charge in [-0.15, -0.1) is 0 Å². The molecule has 0 fully saturated rings. The Hall–Kier alpha value is -3.73. The van der Waals surface area contributed by atoms with Gasteiger partial charge >= 0.3 is 6.03 Å². The number of urea groups is 1. The Morgan fingerprint density at radius 2 is 1.54 bits per heavy atom. The van der Waals surface area contributed by atoms with Crippen LogP contribution in [0, 0.1) is 0 Å². The van der Waals surface area contributed by atoms with Crippen molar-refractivity contribution in [1.29, 1.82) is 0 Å². The number of ether oxygens (including phenoxy) is 1. The number of amides is 2. The van der Waals surface area contributed by atoms with Crippen LogP contribution in [0.1, 0.15) is 0 Å². The van der Waals surface area contributed by atoms with Crippen LogP contribution in [0.4, 0.5) is 16.3 Å². The number of para-hydroxylation sites is 2. The molecule has 28 heavy (non-hydrogen) atoms. The van der Waals surface area contributed by atoms with Crippen molar-refractivity contribution in [2.75, 3.05) is 17.7 Å². The third kappa shape index (κ3) is 3.30. The second-order valence-corrected chi connectivity index (χ2v) is 6.47. The zero-order valence-electron chi connectivity index (χ0n) is 15.8. The number of fused-ring (bicyclic) bond motifs is 1. The number of hydrogen-bond donors (Lipinski definition) is 2. The average molecular weight is 371 g/mol. The van der Waals surface area contributed by atoms with Gasteiger partial charge in [-0.25, -0.2) is 4.79 Å². The molecule has 3 aromatic carbocycles. The van der Waals surface area contributed by atoms with Gasteiger partial charge in [0.1, 0.15) is 11.6 Å². The number of anilines is 2. The predicted molar refractivity (Wildman–Crippen MR) is 114 cm³/mol. The van der Waals surface area contributed by atoms with Crippen molar-refractivity contribution in [3.05, 3.63) is 78.9 Å². The molecule has 0 aliphatic rings. The number of nitrogens with zero attached hydrogens (tertiary/aromatic N) is 1. The number of hydrogen-bond acceptors (Lipinski definition) is 2. The van der Waals surface area contributed by atoms with Crippen LogP contribution in [0.3, 0.4) is 0 Å². The monoisotopic (exact) mass is 371 g/mol. The number of nitrogens with one attached hydrogen (secondary N) is 2. The molecule has 5 heteroatoms. The second kappa shape index (κ2) is 7.48. The van der Waals surface area contributed by atoms with E-state index in [9.17, 15) is 4.79 Å². The van der Waals surface area contributed by atoms with Gasteiger partial charge in [-0.1, -0.05) is 48.5 Å². The largest absolute Gasteiger partial charge is 0.497 e. The standard InChI is InChI=1S/C23H21N3O2/c1-26-20-11-7-6-10-19(20)21(16-12-14-18(28-2)15-13-16)22(26)25-23(27)24-17-8-4-3-5-9-17/h3-15H,1-2H3,(H2,24,25,27). The molecule has 0 radical (unpaired) electrons. The van der Waals surface area contributed by atoms with Gasteiger partial charge in [0.05, 0.1) is 12.6 Å². The van der Waals surface area contributed by atoms with Crippen LogP contribution in [0.25, 0.3) is 22.0 Å². The molecule has 0 saturated carbocycles. The topological polar surface area (TPSA) is 55.3 Å². The van der Waals surface area contributed by atoms with Crippen molar-refractivity contribution in [3.63, 3.8) is 0 Å². The number of aryl methyl sites for hydroxylation is 1. The molecule has 5 nitrogen and oxygen atoms in total. The van der Waals surface area contributed by atoms with Gasteiger partial charge in [0.25, 0.3) is 0 Å². The van der Waals surface area contributed by atoms with Crippen molar-refractivity contribution < 1.29 is 9.53 Å². The number of carbonyl (C=O) groups is 1. The maximum absolute atomic E-state index is 12.6. The summed E-state index contributed by atoms with van der Waals surface area (Å²) >= 11 is 0. The average Bonchev–Trinajstić information content (AvgIpc) is 3.01. The summed E-state index contributed by atoms with van der Waals surface area (Å²) in [6, 6.07) is 25.1. The number of aromatic nitrogens is 1. The highest BCUT2D eigenvalue weighted by atomic mass is 16.5. The molecule has 0 saturated heterocycles. The SMILES string of the molecule is COc1ccc(-c2c(NC(=O)Nc3ccccc3)n(C)c3ccccc23)cc1. The van der Waals surface area contributed by atoms with Crippen LogP contribution in [-0.4, -0.2) is 17.7 Å². The number of carbonyl (C=O) groups excluding carboxylic acids is 1. The van der Waals surface area contributed by atoms with Gasteiger partial charge in [-0.2, -0.15) is 0 Å². The molecular weight excluding hydrogens is 350 g/mol. The van der Waals surface area contributed by atoms with E-state index in [4.69, 9.17) is 4.74 Å². The molecule has 0 unspecified atom stereocenters. The second-order valence-electron chi connectivity index (χ2n) is 6.47. The smallest absolute Gasteiger partial charge is 0.324 e. The van der Waals surface area contributed by atoms with Crippen LogP contribution in [-0.2, 0) is 7.05 Å². The molecule has 0 aliphatic heterocycles. The van der Waals surface area contributed by atoms with E-state index in [1.807, 2.05) is 84.4 Å². The van der Waals surface area contributed by atoms with Crippen LogP contribution in [0.5, 0.6) is 5.75 Å². The first-order valence-corrected chi connectivity index (χ1v) is 9.02. The van der Waals surface area contributed by atoms with E-state index < -0.39 is 0 Å². The first-order chi connectivity index (χ1) is 13.7. The number of methoxy groups -OCH3 is 1. The summed E-state index contributed by atoms with van der Waals surface area (Å²) < 4.78 is 7.27. The molecule has 1 aromatic heterocycles. The summed E-state index contributed by atoms with van der Waals surface area (Å²) in [6.07, 6.45) is 0. The number of benzene rings is 3. The Labute approximate surface area is 163 Å². The van der Waals surface area contributed by atoms with Gasteiger partial charge in [0, 0.05) is 23.7 Å². The van der Waals surface area contributed by atoms with E-state index in [0.29, 0.717) is 0 Å². The summed E-state index contributed by atoms with van der Waals surface area (Å²) in [4.78, 5) is 12.6. The summed E-state index contributed by atoms with van der Waals surface area (Å²) in [6.45, 7) is 0. The van der Waals surface area contributed by atoms with Crippen LogP contribution >= 0.6 is 0 Å². The predicted octanol–water partition coefficient (Wildman–Crippen LogP) is 5.50. The lowest BCUT2D eigenvalue weighted by atomic mass is 10.0.